The summed E-state index contributed by atoms with van der Waals surface area (Å²) < 4.78 is 5.30. The summed E-state index contributed by atoms with van der Waals surface area (Å²) in [5.41, 5.74) is 0.951. The monoisotopic (exact) mass is 282 g/mol. The Kier molecular flexibility index (Phi) is 3.31. The highest BCUT2D eigenvalue weighted by atomic mass is 16.4. The van der Waals surface area contributed by atoms with Crippen LogP contribution in [0.3, 0.4) is 0 Å². The average molecular weight is 282 g/mol. The molecule has 3 rings (SSSR count). The van der Waals surface area contributed by atoms with E-state index in [0.29, 0.717) is 12.4 Å². The van der Waals surface area contributed by atoms with Gasteiger partial charge in [-0.2, -0.15) is 0 Å². The normalized spacial score (nSPS) is 10.7. The van der Waals surface area contributed by atoms with Gasteiger partial charge in [0, 0.05) is 12.4 Å². The summed E-state index contributed by atoms with van der Waals surface area (Å²) in [7, 11) is 1.80. The maximum Gasteiger partial charge on any atom is 0.339 e. The summed E-state index contributed by atoms with van der Waals surface area (Å²) in [6.07, 6.45) is 1.59. The van der Waals surface area contributed by atoms with Gasteiger partial charge >= 0.3 is 5.97 Å². The second kappa shape index (κ2) is 5.28. The third-order valence-corrected chi connectivity index (χ3v) is 3.27. The molecule has 0 unspecified atom stereocenters. The van der Waals surface area contributed by atoms with Gasteiger partial charge in [-0.25, -0.2) is 9.78 Å². The van der Waals surface area contributed by atoms with Crippen molar-refractivity contribution >= 4 is 22.7 Å². The minimum Gasteiger partial charge on any atom is -0.478 e. The molecule has 1 N–H and O–H groups in total. The number of hydrogen-bond donors (Lipinski definition) is 1. The predicted octanol–water partition coefficient (Wildman–Crippen LogP) is 3.16. The molecule has 0 aliphatic carbocycles. The van der Waals surface area contributed by atoms with Crippen molar-refractivity contribution in [1.82, 2.24) is 4.98 Å². The molecule has 106 valence electrons. The molecule has 21 heavy (non-hydrogen) atoms. The Hall–Kier alpha value is -2.82. The quantitative estimate of drug-likeness (QED) is 0.796. The number of benzene rings is 1. The maximum absolute atomic E-state index is 11.5. The Morgan fingerprint density at radius 1 is 1.29 bits per heavy atom. The van der Waals surface area contributed by atoms with Crippen LogP contribution in [0.4, 0.5) is 5.82 Å². The summed E-state index contributed by atoms with van der Waals surface area (Å²) in [5, 5.41) is 10.2. The molecular formula is C16H14N2O3. The smallest absolute Gasteiger partial charge is 0.339 e. The van der Waals surface area contributed by atoms with Crippen molar-refractivity contribution in [3.8, 4) is 0 Å². The van der Waals surface area contributed by atoms with Crippen LogP contribution in [0.5, 0.6) is 0 Å². The summed E-state index contributed by atoms with van der Waals surface area (Å²) in [5.74, 6) is 0.191. The first kappa shape index (κ1) is 13.2. The number of hydrogen-bond acceptors (Lipinski definition) is 4. The van der Waals surface area contributed by atoms with Gasteiger partial charge < -0.3 is 14.4 Å². The molecular weight excluding hydrogens is 268 g/mol. The Balaban J connectivity index is 2.06. The molecule has 3 aromatic rings. The van der Waals surface area contributed by atoms with Crippen LogP contribution in [-0.4, -0.2) is 23.1 Å². The number of nitrogens with zero attached hydrogens (tertiary/aromatic N) is 2. The fourth-order valence-corrected chi connectivity index (χ4v) is 2.27. The first-order chi connectivity index (χ1) is 10.1. The third-order valence-electron chi connectivity index (χ3n) is 3.27. The minimum absolute atomic E-state index is 0.183. The van der Waals surface area contributed by atoms with Crippen LogP contribution in [0.1, 0.15) is 16.1 Å². The molecule has 0 aliphatic rings. The fourth-order valence-electron chi connectivity index (χ4n) is 2.27. The first-order valence-corrected chi connectivity index (χ1v) is 6.52. The van der Waals surface area contributed by atoms with E-state index in [1.54, 1.807) is 30.3 Å². The molecule has 0 fully saturated rings. The summed E-state index contributed by atoms with van der Waals surface area (Å²) in [6, 6.07) is 12.8. The average Bonchev–Trinajstić information content (AvgIpc) is 2.98. The van der Waals surface area contributed by atoms with E-state index >= 15 is 0 Å². The fraction of sp³-hybridized carbons (Fsp3) is 0.125. The molecule has 0 saturated carbocycles. The number of furan rings is 1. The molecule has 0 bridgehead atoms. The van der Waals surface area contributed by atoms with Crippen molar-refractivity contribution in [2.24, 2.45) is 0 Å². The molecule has 5 heteroatoms. The standard InChI is InChI=1S/C16H14N2O3/c1-18(10-12-6-4-8-21-12)15-13(16(19)20)9-11-5-2-3-7-14(11)17-15/h2-9H,10H2,1H3,(H,19,20). The van der Waals surface area contributed by atoms with Crippen LogP contribution >= 0.6 is 0 Å². The molecule has 0 saturated heterocycles. The van der Waals surface area contributed by atoms with E-state index in [0.717, 1.165) is 16.7 Å². The number of carbonyl (C=O) groups is 1. The number of para-hydroxylation sites is 1. The number of carboxylic acid groups (broad SMARTS) is 1. The Labute approximate surface area is 121 Å². The lowest BCUT2D eigenvalue weighted by atomic mass is 10.1. The van der Waals surface area contributed by atoms with Crippen molar-refractivity contribution in [1.29, 1.82) is 0 Å². The number of aromatic carboxylic acids is 1. The van der Waals surface area contributed by atoms with Gasteiger partial charge in [-0.05, 0) is 24.3 Å². The lowest BCUT2D eigenvalue weighted by Crippen LogP contribution is -2.20. The van der Waals surface area contributed by atoms with Gasteiger partial charge in [0.15, 0.2) is 0 Å². The lowest BCUT2D eigenvalue weighted by Gasteiger charge is -2.19. The second-order valence-corrected chi connectivity index (χ2v) is 4.79. The topological polar surface area (TPSA) is 66.6 Å². The molecule has 0 amide bonds. The van der Waals surface area contributed by atoms with Crippen molar-refractivity contribution < 1.29 is 14.3 Å². The van der Waals surface area contributed by atoms with E-state index in [2.05, 4.69) is 4.98 Å². The van der Waals surface area contributed by atoms with Gasteiger partial charge in [0.2, 0.25) is 0 Å². The van der Waals surface area contributed by atoms with Crippen LogP contribution in [-0.2, 0) is 6.54 Å². The number of anilines is 1. The number of pyridine rings is 1. The molecule has 0 atom stereocenters. The molecule has 5 nitrogen and oxygen atoms in total. The molecule has 0 radical (unpaired) electrons. The number of fused-ring (bicyclic) bond motifs is 1. The highest BCUT2D eigenvalue weighted by Crippen LogP contribution is 2.24. The van der Waals surface area contributed by atoms with Crippen LogP contribution in [0.2, 0.25) is 0 Å². The number of rotatable bonds is 4. The van der Waals surface area contributed by atoms with Crippen molar-refractivity contribution in [2.75, 3.05) is 11.9 Å². The molecule has 2 heterocycles. The van der Waals surface area contributed by atoms with E-state index < -0.39 is 5.97 Å². The Morgan fingerprint density at radius 2 is 2.10 bits per heavy atom. The van der Waals surface area contributed by atoms with Crippen LogP contribution in [0, 0.1) is 0 Å². The van der Waals surface area contributed by atoms with Gasteiger partial charge in [-0.1, -0.05) is 18.2 Å². The lowest BCUT2D eigenvalue weighted by molar-refractivity contribution is 0.0697. The predicted molar refractivity (Wildman–Crippen MR) is 79.5 cm³/mol. The van der Waals surface area contributed by atoms with E-state index in [4.69, 9.17) is 4.42 Å². The summed E-state index contributed by atoms with van der Waals surface area (Å²) in [6.45, 7) is 0.457. The molecule has 1 aromatic carbocycles. The SMILES string of the molecule is CN(Cc1ccco1)c1nc2ccccc2cc1C(=O)O. The molecule has 0 spiro atoms. The zero-order valence-electron chi connectivity index (χ0n) is 11.5. The third kappa shape index (κ3) is 2.58. The highest BCUT2D eigenvalue weighted by Gasteiger charge is 2.17. The Bertz CT molecular complexity index is 781. The molecule has 0 aliphatic heterocycles. The van der Waals surface area contributed by atoms with Crippen molar-refractivity contribution in [2.45, 2.75) is 6.54 Å². The van der Waals surface area contributed by atoms with Crippen molar-refractivity contribution in [3.05, 3.63) is 60.1 Å². The Morgan fingerprint density at radius 3 is 2.81 bits per heavy atom. The summed E-state index contributed by atoms with van der Waals surface area (Å²) in [4.78, 5) is 17.7. The second-order valence-electron chi connectivity index (χ2n) is 4.79. The number of aromatic nitrogens is 1. The zero-order chi connectivity index (χ0) is 14.8. The van der Waals surface area contributed by atoms with Gasteiger partial charge in [0.25, 0.3) is 0 Å². The highest BCUT2D eigenvalue weighted by molar-refractivity contribution is 5.98. The molecule has 2 aromatic heterocycles. The van der Waals surface area contributed by atoms with E-state index in [-0.39, 0.29) is 5.56 Å². The van der Waals surface area contributed by atoms with E-state index in [1.165, 1.54) is 0 Å². The van der Waals surface area contributed by atoms with Gasteiger partial charge in [0.05, 0.1) is 18.3 Å². The maximum atomic E-state index is 11.5. The van der Waals surface area contributed by atoms with E-state index in [1.807, 2.05) is 30.3 Å². The largest absolute Gasteiger partial charge is 0.478 e. The van der Waals surface area contributed by atoms with Crippen LogP contribution < -0.4 is 4.90 Å². The first-order valence-electron chi connectivity index (χ1n) is 6.52. The minimum atomic E-state index is -0.991. The van der Waals surface area contributed by atoms with Gasteiger partial charge in [-0.3, -0.25) is 0 Å². The number of carboxylic acids is 1. The van der Waals surface area contributed by atoms with Crippen LogP contribution in [0.15, 0.2) is 53.1 Å². The van der Waals surface area contributed by atoms with Crippen molar-refractivity contribution in [3.63, 3.8) is 0 Å². The zero-order valence-corrected chi connectivity index (χ0v) is 11.5. The van der Waals surface area contributed by atoms with Gasteiger partial charge in [-0.15, -0.1) is 0 Å². The van der Waals surface area contributed by atoms with Crippen LogP contribution in [0.25, 0.3) is 10.9 Å². The van der Waals surface area contributed by atoms with Gasteiger partial charge in [0.1, 0.15) is 17.1 Å². The summed E-state index contributed by atoms with van der Waals surface area (Å²) >= 11 is 0. The van der Waals surface area contributed by atoms with E-state index in [9.17, 15) is 9.90 Å².